The lowest BCUT2D eigenvalue weighted by atomic mass is 10.2. The number of rotatable bonds is 9. The minimum absolute atomic E-state index is 0.0154. The molecule has 170 valence electrons. The van der Waals surface area contributed by atoms with Crippen molar-refractivity contribution in [2.24, 2.45) is 0 Å². The number of hydrogen-bond acceptors (Lipinski definition) is 4. The first kappa shape index (κ1) is 22.3. The highest BCUT2D eigenvalue weighted by Crippen LogP contribution is 2.13. The number of carbonyl (C=O) groups is 1. The van der Waals surface area contributed by atoms with E-state index in [2.05, 4.69) is 5.32 Å². The third kappa shape index (κ3) is 5.11. The monoisotopic (exact) mass is 449 g/mol. The Labute approximate surface area is 189 Å². The average molecular weight is 449 g/mol. The Morgan fingerprint density at radius 3 is 2.52 bits per heavy atom. The highest BCUT2D eigenvalue weighted by molar-refractivity contribution is 5.78. The number of benzene rings is 2. The number of carbonyl (C=O) groups excluding carboxylic acids is 1. The van der Waals surface area contributed by atoms with Crippen molar-refractivity contribution in [2.45, 2.75) is 38.9 Å². The number of furan rings is 1. The third-order valence-corrected chi connectivity index (χ3v) is 5.49. The molecule has 1 N–H and O–H groups in total. The molecule has 4 aromatic rings. The molecular weight excluding hydrogens is 425 g/mol. The van der Waals surface area contributed by atoms with Crippen molar-refractivity contribution in [1.29, 1.82) is 0 Å². The second-order valence-corrected chi connectivity index (χ2v) is 7.75. The molecule has 8 heteroatoms. The van der Waals surface area contributed by atoms with E-state index in [-0.39, 0.29) is 31.0 Å². The van der Waals surface area contributed by atoms with Crippen LogP contribution in [0.15, 0.2) is 80.9 Å². The van der Waals surface area contributed by atoms with E-state index in [0.717, 1.165) is 0 Å². The Morgan fingerprint density at radius 2 is 1.73 bits per heavy atom. The van der Waals surface area contributed by atoms with Gasteiger partial charge in [0.25, 0.3) is 5.56 Å². The van der Waals surface area contributed by atoms with E-state index in [1.54, 1.807) is 60.9 Å². The van der Waals surface area contributed by atoms with Gasteiger partial charge in [0.05, 0.1) is 30.3 Å². The topological polar surface area (TPSA) is 86.2 Å². The molecule has 0 fully saturated rings. The molecule has 1 amide bonds. The first-order valence-electron chi connectivity index (χ1n) is 10.8. The highest BCUT2D eigenvalue weighted by Gasteiger charge is 2.14. The van der Waals surface area contributed by atoms with E-state index in [0.29, 0.717) is 41.6 Å². The Morgan fingerprint density at radius 1 is 0.939 bits per heavy atom. The summed E-state index contributed by atoms with van der Waals surface area (Å²) in [5, 5.41) is 3.16. The molecule has 0 aliphatic rings. The summed E-state index contributed by atoms with van der Waals surface area (Å²) in [4.78, 5) is 38.2. The van der Waals surface area contributed by atoms with Gasteiger partial charge in [-0.1, -0.05) is 30.3 Å². The number of aromatic nitrogens is 2. The lowest BCUT2D eigenvalue weighted by molar-refractivity contribution is -0.121. The van der Waals surface area contributed by atoms with Crippen molar-refractivity contribution in [2.75, 3.05) is 0 Å². The summed E-state index contributed by atoms with van der Waals surface area (Å²) in [5.41, 5.74) is -0.0561. The van der Waals surface area contributed by atoms with Crippen LogP contribution in [-0.2, 0) is 24.4 Å². The van der Waals surface area contributed by atoms with Crippen molar-refractivity contribution < 1.29 is 13.6 Å². The van der Waals surface area contributed by atoms with Crippen molar-refractivity contribution in [3.05, 3.63) is 105 Å². The van der Waals surface area contributed by atoms with Gasteiger partial charge in [0.1, 0.15) is 11.6 Å². The zero-order valence-corrected chi connectivity index (χ0v) is 18.0. The summed E-state index contributed by atoms with van der Waals surface area (Å²) in [5.74, 6) is 0.127. The van der Waals surface area contributed by atoms with Gasteiger partial charge >= 0.3 is 5.69 Å². The van der Waals surface area contributed by atoms with Crippen LogP contribution in [0, 0.1) is 5.82 Å². The molecule has 0 bridgehead atoms. The second-order valence-electron chi connectivity index (χ2n) is 7.75. The number of hydrogen-bond donors (Lipinski definition) is 1. The molecule has 0 atom stereocenters. The summed E-state index contributed by atoms with van der Waals surface area (Å²) in [7, 11) is 0. The van der Waals surface area contributed by atoms with Gasteiger partial charge in [-0.2, -0.15) is 0 Å². The van der Waals surface area contributed by atoms with Crippen molar-refractivity contribution in [3.8, 4) is 0 Å². The molecule has 2 heterocycles. The van der Waals surface area contributed by atoms with Crippen molar-refractivity contribution in [1.82, 2.24) is 14.5 Å². The molecule has 0 unspecified atom stereocenters. The van der Waals surface area contributed by atoms with E-state index in [4.69, 9.17) is 4.42 Å². The SMILES string of the molecule is O=C(CCCCn1c(=O)c2ccccc2n(Cc2ccccc2F)c1=O)NCc1ccco1. The molecular formula is C25H24FN3O4. The number of unbranched alkanes of at least 4 members (excludes halogenated alkanes) is 1. The predicted molar refractivity (Wildman–Crippen MR) is 122 cm³/mol. The van der Waals surface area contributed by atoms with Crippen LogP contribution in [0.5, 0.6) is 0 Å². The standard InChI is InChI=1S/C25H24FN3O4/c26-21-11-3-1-8-18(21)17-29-22-12-4-2-10-20(22)24(31)28(25(29)32)14-6-5-13-23(30)27-16-19-9-7-15-33-19/h1-4,7-12,15H,5-6,13-14,16-17H2,(H,27,30). The molecule has 2 aromatic carbocycles. The zero-order chi connectivity index (χ0) is 23.2. The van der Waals surface area contributed by atoms with Gasteiger partial charge in [-0.15, -0.1) is 0 Å². The molecule has 0 radical (unpaired) electrons. The lowest BCUT2D eigenvalue weighted by Crippen LogP contribution is -2.40. The molecule has 0 aliphatic carbocycles. The molecule has 0 saturated heterocycles. The Hall–Kier alpha value is -3.94. The summed E-state index contributed by atoms with van der Waals surface area (Å²) < 4.78 is 22.0. The van der Waals surface area contributed by atoms with Crippen LogP contribution >= 0.6 is 0 Å². The molecule has 33 heavy (non-hydrogen) atoms. The van der Waals surface area contributed by atoms with Gasteiger partial charge in [0, 0.05) is 18.5 Å². The van der Waals surface area contributed by atoms with E-state index in [9.17, 15) is 18.8 Å². The fraction of sp³-hybridized carbons (Fsp3) is 0.240. The number of halogens is 1. The number of amides is 1. The predicted octanol–water partition coefficient (Wildman–Crippen LogP) is 3.43. The molecule has 2 aromatic heterocycles. The quantitative estimate of drug-likeness (QED) is 0.397. The van der Waals surface area contributed by atoms with Gasteiger partial charge in [-0.25, -0.2) is 9.18 Å². The maximum Gasteiger partial charge on any atom is 0.331 e. The highest BCUT2D eigenvalue weighted by atomic mass is 19.1. The minimum atomic E-state index is -0.496. The van der Waals surface area contributed by atoms with Gasteiger partial charge in [0.2, 0.25) is 5.91 Å². The van der Waals surface area contributed by atoms with E-state index in [1.165, 1.54) is 15.2 Å². The van der Waals surface area contributed by atoms with E-state index in [1.807, 2.05) is 0 Å². The first-order chi connectivity index (χ1) is 16.0. The molecule has 4 rings (SSSR count). The number of nitrogens with zero attached hydrogens (tertiary/aromatic N) is 2. The van der Waals surface area contributed by atoms with E-state index >= 15 is 0 Å². The van der Waals surface area contributed by atoms with Gasteiger partial charge < -0.3 is 9.73 Å². The summed E-state index contributed by atoms with van der Waals surface area (Å²) in [6.45, 7) is 0.503. The largest absolute Gasteiger partial charge is 0.467 e. The second kappa shape index (κ2) is 10.1. The Bertz CT molecular complexity index is 1370. The Balaban J connectivity index is 1.49. The fourth-order valence-electron chi connectivity index (χ4n) is 3.76. The van der Waals surface area contributed by atoms with Gasteiger partial charge in [-0.05, 0) is 43.2 Å². The minimum Gasteiger partial charge on any atom is -0.467 e. The number of fused-ring (bicyclic) bond motifs is 1. The van der Waals surface area contributed by atoms with Crippen LogP contribution in [0.4, 0.5) is 4.39 Å². The average Bonchev–Trinajstić information content (AvgIpc) is 3.35. The summed E-state index contributed by atoms with van der Waals surface area (Å²) >= 11 is 0. The van der Waals surface area contributed by atoms with Crippen molar-refractivity contribution in [3.63, 3.8) is 0 Å². The van der Waals surface area contributed by atoms with Gasteiger partial charge in [0.15, 0.2) is 0 Å². The van der Waals surface area contributed by atoms with Crippen LogP contribution in [-0.4, -0.2) is 15.0 Å². The number of para-hydroxylation sites is 1. The normalized spacial score (nSPS) is 11.1. The molecule has 7 nitrogen and oxygen atoms in total. The van der Waals surface area contributed by atoms with Crippen LogP contribution in [0.25, 0.3) is 10.9 Å². The Kier molecular flexibility index (Phi) is 6.83. The fourth-order valence-corrected chi connectivity index (χ4v) is 3.76. The lowest BCUT2D eigenvalue weighted by Gasteiger charge is -2.14. The van der Waals surface area contributed by atoms with Crippen LogP contribution < -0.4 is 16.6 Å². The van der Waals surface area contributed by atoms with Crippen LogP contribution in [0.2, 0.25) is 0 Å². The smallest absolute Gasteiger partial charge is 0.331 e. The summed E-state index contributed by atoms with van der Waals surface area (Å²) in [6, 6.07) is 16.6. The van der Waals surface area contributed by atoms with Gasteiger partial charge in [-0.3, -0.25) is 18.7 Å². The maximum absolute atomic E-state index is 14.2. The molecule has 0 aliphatic heterocycles. The first-order valence-corrected chi connectivity index (χ1v) is 10.8. The van der Waals surface area contributed by atoms with Crippen LogP contribution in [0.3, 0.4) is 0 Å². The third-order valence-electron chi connectivity index (χ3n) is 5.49. The van der Waals surface area contributed by atoms with Crippen molar-refractivity contribution >= 4 is 16.8 Å². The van der Waals surface area contributed by atoms with Crippen LogP contribution in [0.1, 0.15) is 30.6 Å². The maximum atomic E-state index is 14.2. The summed E-state index contributed by atoms with van der Waals surface area (Å²) in [6.07, 6.45) is 2.80. The zero-order valence-electron chi connectivity index (χ0n) is 18.0. The molecule has 0 saturated carbocycles. The van der Waals surface area contributed by atoms with E-state index < -0.39 is 11.5 Å². The molecule has 0 spiro atoms. The number of nitrogens with one attached hydrogen (secondary N) is 1.